The van der Waals surface area contributed by atoms with E-state index in [1.54, 1.807) is 11.1 Å². The lowest BCUT2D eigenvalue weighted by atomic mass is 9.99. The number of ketones is 1. The van der Waals surface area contributed by atoms with Crippen molar-refractivity contribution in [2.75, 3.05) is 0 Å². The maximum absolute atomic E-state index is 12.9. The van der Waals surface area contributed by atoms with Gasteiger partial charge in [-0.05, 0) is 48.6 Å². The first-order valence-electron chi connectivity index (χ1n) is 10.8. The molecule has 0 bridgehead atoms. The van der Waals surface area contributed by atoms with E-state index in [4.69, 9.17) is 0 Å². The Morgan fingerprint density at radius 1 is 1.16 bits per heavy atom. The van der Waals surface area contributed by atoms with E-state index in [1.807, 2.05) is 48.5 Å². The van der Waals surface area contributed by atoms with E-state index in [1.165, 1.54) is 0 Å². The summed E-state index contributed by atoms with van der Waals surface area (Å²) in [4.78, 5) is 43.9. The number of hydrogen-bond acceptors (Lipinski definition) is 4. The molecule has 1 saturated heterocycles. The monoisotopic (exact) mass is 425 g/mol. The van der Waals surface area contributed by atoms with Crippen LogP contribution >= 0.6 is 0 Å². The number of hydrogen-bond donors (Lipinski definition) is 1. The second-order valence-electron chi connectivity index (χ2n) is 8.41. The number of aryl methyl sites for hydroxylation is 1. The van der Waals surface area contributed by atoms with Gasteiger partial charge in [0.15, 0.2) is 5.78 Å². The molecule has 1 aromatic heterocycles. The van der Waals surface area contributed by atoms with Gasteiger partial charge in [-0.25, -0.2) is 0 Å². The largest absolute Gasteiger partial charge is 0.329 e. The molecular weight excluding hydrogens is 402 g/mol. The number of aromatic nitrogens is 1. The second kappa shape index (κ2) is 8.04. The van der Waals surface area contributed by atoms with Crippen molar-refractivity contribution in [3.05, 3.63) is 89.3 Å². The van der Waals surface area contributed by atoms with Crippen molar-refractivity contribution >= 4 is 28.5 Å². The van der Waals surface area contributed by atoms with Crippen molar-refractivity contribution in [3.8, 4) is 0 Å². The molecule has 3 heterocycles. The van der Waals surface area contributed by atoms with Gasteiger partial charge in [0.05, 0.1) is 5.52 Å². The van der Waals surface area contributed by atoms with E-state index < -0.39 is 6.04 Å². The van der Waals surface area contributed by atoms with E-state index in [0.29, 0.717) is 49.1 Å². The van der Waals surface area contributed by atoms with Crippen molar-refractivity contribution in [3.63, 3.8) is 0 Å². The average molecular weight is 425 g/mol. The lowest BCUT2D eigenvalue weighted by molar-refractivity contribution is -0.126. The number of allylic oxidation sites excluding steroid dienone is 1. The number of nitrogens with zero attached hydrogens (tertiary/aromatic N) is 2. The molecule has 1 N–H and O–H groups in total. The topological polar surface area (TPSA) is 79.4 Å². The zero-order chi connectivity index (χ0) is 22.2. The molecule has 2 aliphatic heterocycles. The number of amides is 2. The second-order valence-corrected chi connectivity index (χ2v) is 8.41. The molecule has 0 spiro atoms. The minimum absolute atomic E-state index is 0.0647. The highest BCUT2D eigenvalue weighted by Crippen LogP contribution is 2.29. The summed E-state index contributed by atoms with van der Waals surface area (Å²) in [5.41, 5.74) is 4.72. The summed E-state index contributed by atoms with van der Waals surface area (Å²) in [6, 6.07) is 14.7. The van der Waals surface area contributed by atoms with Gasteiger partial charge in [-0.2, -0.15) is 0 Å². The van der Waals surface area contributed by atoms with E-state index in [0.717, 1.165) is 22.0 Å². The molecular formula is C26H23N3O3. The van der Waals surface area contributed by atoms with E-state index >= 15 is 0 Å². The van der Waals surface area contributed by atoms with E-state index in [9.17, 15) is 14.4 Å². The van der Waals surface area contributed by atoms with Gasteiger partial charge in [0.2, 0.25) is 5.91 Å². The van der Waals surface area contributed by atoms with Crippen LogP contribution in [0.5, 0.6) is 0 Å². The summed E-state index contributed by atoms with van der Waals surface area (Å²) in [6.45, 7) is 4.21. The minimum Gasteiger partial charge on any atom is -0.329 e. The summed E-state index contributed by atoms with van der Waals surface area (Å²) < 4.78 is 0. The maximum atomic E-state index is 12.9. The summed E-state index contributed by atoms with van der Waals surface area (Å²) in [6.07, 6.45) is 3.95. The number of piperidine rings is 1. The van der Waals surface area contributed by atoms with Crippen molar-refractivity contribution in [1.29, 1.82) is 0 Å². The fourth-order valence-corrected chi connectivity index (χ4v) is 4.51. The molecule has 1 atom stereocenters. The van der Waals surface area contributed by atoms with Crippen LogP contribution in [0.1, 0.15) is 51.1 Å². The molecule has 6 heteroatoms. The number of rotatable bonds is 5. The fraction of sp³-hybridized carbons (Fsp3) is 0.231. The molecule has 2 amide bonds. The number of nitrogens with one attached hydrogen (secondary N) is 1. The Labute approximate surface area is 185 Å². The third-order valence-electron chi connectivity index (χ3n) is 6.27. The van der Waals surface area contributed by atoms with Crippen LogP contribution in [0.3, 0.4) is 0 Å². The van der Waals surface area contributed by atoms with Crippen molar-refractivity contribution < 1.29 is 14.4 Å². The van der Waals surface area contributed by atoms with Crippen LogP contribution in [0.25, 0.3) is 10.9 Å². The van der Waals surface area contributed by atoms with Crippen molar-refractivity contribution in [2.24, 2.45) is 0 Å². The molecule has 6 nitrogen and oxygen atoms in total. The van der Waals surface area contributed by atoms with Gasteiger partial charge in [-0.1, -0.05) is 36.9 Å². The standard InChI is InChI=1S/C26H23N3O3/c1-16-4-10-23(25(31)28-16)29-15-20-13-17(5-9-21(20)26(29)32)6-11-24(30)19-8-7-18-3-2-12-27-22(18)14-19/h2-3,5,7-9,12-14,23H,1,4,6,10-11,15H2,(H,28,31). The fourth-order valence-electron chi connectivity index (χ4n) is 4.51. The highest BCUT2D eigenvalue weighted by atomic mass is 16.2. The Kier molecular flexibility index (Phi) is 5.05. The van der Waals surface area contributed by atoms with Crippen LogP contribution in [0.4, 0.5) is 0 Å². The van der Waals surface area contributed by atoms with Gasteiger partial charge in [0.1, 0.15) is 6.04 Å². The first-order valence-corrected chi connectivity index (χ1v) is 10.8. The molecule has 5 rings (SSSR count). The summed E-state index contributed by atoms with van der Waals surface area (Å²) in [7, 11) is 0. The lowest BCUT2D eigenvalue weighted by Gasteiger charge is -2.30. The zero-order valence-corrected chi connectivity index (χ0v) is 17.6. The molecule has 160 valence electrons. The molecule has 2 aliphatic rings. The Balaban J connectivity index is 1.27. The van der Waals surface area contributed by atoms with Gasteiger partial charge in [-0.15, -0.1) is 0 Å². The normalized spacial score (nSPS) is 18.1. The third kappa shape index (κ3) is 3.68. The molecule has 32 heavy (non-hydrogen) atoms. The predicted molar refractivity (Wildman–Crippen MR) is 121 cm³/mol. The maximum Gasteiger partial charge on any atom is 0.255 e. The van der Waals surface area contributed by atoms with Crippen molar-refractivity contribution in [2.45, 2.75) is 38.3 Å². The predicted octanol–water partition coefficient (Wildman–Crippen LogP) is 3.80. The van der Waals surface area contributed by atoms with Gasteiger partial charge >= 0.3 is 0 Å². The van der Waals surface area contributed by atoms with Gasteiger partial charge in [-0.3, -0.25) is 19.4 Å². The van der Waals surface area contributed by atoms with Crippen LogP contribution < -0.4 is 5.32 Å². The number of benzene rings is 2. The van der Waals surface area contributed by atoms with Crippen LogP contribution in [-0.4, -0.2) is 33.5 Å². The SMILES string of the molecule is C=C1CCC(N2Cc3cc(CCC(=O)c4ccc5cccnc5c4)ccc3C2=O)C(=O)N1. The van der Waals surface area contributed by atoms with E-state index in [2.05, 4.69) is 16.9 Å². The Morgan fingerprint density at radius 3 is 2.88 bits per heavy atom. The average Bonchev–Trinajstić information content (AvgIpc) is 3.12. The quantitative estimate of drug-likeness (QED) is 0.631. The van der Waals surface area contributed by atoms with Crippen LogP contribution in [0.2, 0.25) is 0 Å². The summed E-state index contributed by atoms with van der Waals surface area (Å²) in [5, 5.41) is 3.76. The van der Waals surface area contributed by atoms with Crippen LogP contribution in [0.15, 0.2) is 67.0 Å². The number of Topliss-reactive ketones (excluding diaryl/α,β-unsaturated/α-hetero) is 1. The van der Waals surface area contributed by atoms with Crippen LogP contribution in [0, 0.1) is 0 Å². The first-order chi connectivity index (χ1) is 15.5. The number of carbonyl (C=O) groups is 3. The number of carbonyl (C=O) groups excluding carboxylic acids is 3. The summed E-state index contributed by atoms with van der Waals surface area (Å²) in [5.74, 6) is -0.216. The molecule has 3 aromatic rings. The Morgan fingerprint density at radius 2 is 2.03 bits per heavy atom. The summed E-state index contributed by atoms with van der Waals surface area (Å²) >= 11 is 0. The number of pyridine rings is 1. The van der Waals surface area contributed by atoms with E-state index in [-0.39, 0.29) is 17.6 Å². The Bertz CT molecular complexity index is 1280. The zero-order valence-electron chi connectivity index (χ0n) is 17.6. The highest BCUT2D eigenvalue weighted by molar-refractivity contribution is 6.02. The lowest BCUT2D eigenvalue weighted by Crippen LogP contribution is -2.49. The van der Waals surface area contributed by atoms with Gasteiger partial charge in [0, 0.05) is 41.4 Å². The molecule has 0 saturated carbocycles. The molecule has 1 fully saturated rings. The molecule has 0 radical (unpaired) electrons. The molecule has 2 aromatic carbocycles. The third-order valence-corrected chi connectivity index (χ3v) is 6.27. The number of fused-ring (bicyclic) bond motifs is 2. The van der Waals surface area contributed by atoms with Crippen molar-refractivity contribution in [1.82, 2.24) is 15.2 Å². The Hall–Kier alpha value is -3.80. The minimum atomic E-state index is -0.466. The van der Waals surface area contributed by atoms with Gasteiger partial charge in [0.25, 0.3) is 5.91 Å². The smallest absolute Gasteiger partial charge is 0.255 e. The highest BCUT2D eigenvalue weighted by Gasteiger charge is 2.38. The van der Waals surface area contributed by atoms with Crippen LogP contribution in [-0.2, 0) is 17.8 Å². The molecule has 1 unspecified atom stereocenters. The molecule has 0 aliphatic carbocycles. The van der Waals surface area contributed by atoms with Gasteiger partial charge < -0.3 is 10.2 Å². The first kappa shape index (κ1) is 20.1.